The quantitative estimate of drug-likeness (QED) is 0.418. The Balaban J connectivity index is 2.33. The van der Waals surface area contributed by atoms with Crippen LogP contribution in [-0.4, -0.2) is 21.2 Å². The first-order valence-electron chi connectivity index (χ1n) is 3.34. The molecule has 0 aromatic carbocycles. The average Bonchev–Trinajstić information content (AvgIpc) is 2.15. The van der Waals surface area contributed by atoms with Crippen molar-refractivity contribution in [2.75, 3.05) is 0 Å². The predicted octanol–water partition coefficient (Wildman–Crippen LogP) is 1.04. The largest absolute Gasteiger partial charge is 0.391 e. The highest BCUT2D eigenvalue weighted by atomic mass is 127. The number of aliphatic hydroxyl groups is 1. The number of nitrogens with one attached hydrogen (secondary N) is 1. The SMILES string of the molecule is O=C(I)N[C@H]1CCC[C@H]1O. The molecule has 4 heteroatoms. The van der Waals surface area contributed by atoms with Crippen molar-refractivity contribution in [3.8, 4) is 0 Å². The monoisotopic (exact) mass is 255 g/mol. The minimum atomic E-state index is -0.321. The van der Waals surface area contributed by atoms with Crippen molar-refractivity contribution < 1.29 is 9.90 Å². The second-order valence-corrected chi connectivity index (χ2v) is 3.50. The highest BCUT2D eigenvalue weighted by molar-refractivity contribution is 14.1. The molecule has 2 N–H and O–H groups in total. The normalized spacial score (nSPS) is 32.2. The number of hydrogen-bond acceptors (Lipinski definition) is 2. The van der Waals surface area contributed by atoms with Crippen LogP contribution in [-0.2, 0) is 0 Å². The molecule has 1 aliphatic carbocycles. The summed E-state index contributed by atoms with van der Waals surface area (Å²) in [5.41, 5.74) is 0. The smallest absolute Gasteiger partial charge is 0.280 e. The number of hydrogen-bond donors (Lipinski definition) is 2. The Hall–Kier alpha value is 0.160. The summed E-state index contributed by atoms with van der Waals surface area (Å²) in [6.45, 7) is 0. The van der Waals surface area contributed by atoms with E-state index in [9.17, 15) is 9.90 Å². The van der Waals surface area contributed by atoms with Crippen molar-refractivity contribution in [3.63, 3.8) is 0 Å². The molecule has 0 saturated heterocycles. The van der Waals surface area contributed by atoms with E-state index in [4.69, 9.17) is 0 Å². The molecule has 0 heterocycles. The molecule has 0 aliphatic heterocycles. The minimum absolute atomic E-state index is 0.00407. The van der Waals surface area contributed by atoms with E-state index in [1.54, 1.807) is 22.6 Å². The first kappa shape index (κ1) is 8.26. The molecule has 10 heavy (non-hydrogen) atoms. The summed E-state index contributed by atoms with van der Waals surface area (Å²) in [7, 11) is 0. The first-order chi connectivity index (χ1) is 4.70. The molecule has 2 atom stereocenters. The Bertz CT molecular complexity index is 140. The molecule has 1 amide bonds. The van der Waals surface area contributed by atoms with Gasteiger partial charge in [0.1, 0.15) is 0 Å². The Morgan fingerprint density at radius 2 is 2.30 bits per heavy atom. The zero-order valence-electron chi connectivity index (χ0n) is 5.51. The van der Waals surface area contributed by atoms with Gasteiger partial charge in [-0.1, -0.05) is 0 Å². The van der Waals surface area contributed by atoms with Crippen molar-refractivity contribution in [1.29, 1.82) is 0 Å². The van der Waals surface area contributed by atoms with E-state index in [1.165, 1.54) is 0 Å². The van der Waals surface area contributed by atoms with E-state index in [2.05, 4.69) is 5.32 Å². The van der Waals surface area contributed by atoms with Gasteiger partial charge < -0.3 is 10.4 Å². The van der Waals surface area contributed by atoms with Gasteiger partial charge in [-0.05, 0) is 19.3 Å². The molecule has 0 aromatic heterocycles. The number of aliphatic hydroxyl groups excluding tert-OH is 1. The van der Waals surface area contributed by atoms with Crippen LogP contribution in [0.2, 0.25) is 0 Å². The summed E-state index contributed by atoms with van der Waals surface area (Å²) in [6, 6.07) is 0.00407. The summed E-state index contributed by atoms with van der Waals surface area (Å²) >= 11 is 1.68. The molecule has 0 radical (unpaired) electrons. The van der Waals surface area contributed by atoms with Crippen LogP contribution in [0.3, 0.4) is 0 Å². The van der Waals surface area contributed by atoms with Crippen LogP contribution in [0.4, 0.5) is 4.79 Å². The lowest BCUT2D eigenvalue weighted by Gasteiger charge is -2.13. The molecule has 3 nitrogen and oxygen atoms in total. The molecule has 0 bridgehead atoms. The zero-order chi connectivity index (χ0) is 7.56. The first-order valence-corrected chi connectivity index (χ1v) is 4.42. The van der Waals surface area contributed by atoms with Gasteiger partial charge in [0.2, 0.25) is 0 Å². The molecule has 1 fully saturated rings. The number of carbonyl (C=O) groups excluding carboxylic acids is 1. The third-order valence-electron chi connectivity index (χ3n) is 1.78. The van der Waals surface area contributed by atoms with Gasteiger partial charge in [-0.2, -0.15) is 0 Å². The molecule has 1 aliphatic rings. The lowest BCUT2D eigenvalue weighted by Crippen LogP contribution is -2.36. The van der Waals surface area contributed by atoms with Gasteiger partial charge in [-0.3, -0.25) is 4.79 Å². The van der Waals surface area contributed by atoms with E-state index >= 15 is 0 Å². The summed E-state index contributed by atoms with van der Waals surface area (Å²) < 4.78 is -0.0800. The number of carbonyl (C=O) groups is 1. The standard InChI is InChI=1S/C6H10INO2/c7-6(10)8-4-2-1-3-5(4)9/h4-5,9H,1-3H2,(H,8,10)/t4-,5+/m0/s1. The topological polar surface area (TPSA) is 49.3 Å². The molecule has 1 saturated carbocycles. The van der Waals surface area contributed by atoms with Gasteiger partial charge in [-0.15, -0.1) is 0 Å². The molecule has 0 aromatic rings. The van der Waals surface area contributed by atoms with Crippen LogP contribution < -0.4 is 5.32 Å². The minimum Gasteiger partial charge on any atom is -0.391 e. The van der Waals surface area contributed by atoms with Crippen molar-refractivity contribution >= 4 is 26.5 Å². The second kappa shape index (κ2) is 3.52. The Morgan fingerprint density at radius 3 is 2.70 bits per heavy atom. The van der Waals surface area contributed by atoms with E-state index in [0.29, 0.717) is 0 Å². The molecular formula is C6H10INO2. The van der Waals surface area contributed by atoms with Crippen LogP contribution in [0.25, 0.3) is 0 Å². The fraction of sp³-hybridized carbons (Fsp3) is 0.833. The molecule has 0 spiro atoms. The zero-order valence-corrected chi connectivity index (χ0v) is 7.67. The third kappa shape index (κ3) is 2.09. The second-order valence-electron chi connectivity index (χ2n) is 2.52. The highest BCUT2D eigenvalue weighted by Crippen LogP contribution is 2.18. The molecular weight excluding hydrogens is 245 g/mol. The maximum atomic E-state index is 10.5. The summed E-state index contributed by atoms with van der Waals surface area (Å²) in [5, 5.41) is 11.9. The fourth-order valence-corrected chi connectivity index (χ4v) is 1.65. The van der Waals surface area contributed by atoms with Gasteiger partial charge in [0.05, 0.1) is 12.1 Å². The molecule has 0 unspecified atom stereocenters. The van der Waals surface area contributed by atoms with Gasteiger partial charge >= 0.3 is 0 Å². The van der Waals surface area contributed by atoms with E-state index in [0.717, 1.165) is 19.3 Å². The van der Waals surface area contributed by atoms with Crippen LogP contribution in [0, 0.1) is 0 Å². The maximum Gasteiger partial charge on any atom is 0.280 e. The summed E-state index contributed by atoms with van der Waals surface area (Å²) in [4.78, 5) is 10.5. The van der Waals surface area contributed by atoms with E-state index in [1.807, 2.05) is 0 Å². The summed E-state index contributed by atoms with van der Waals surface area (Å²) in [6.07, 6.45) is 2.43. The Kier molecular flexibility index (Phi) is 2.91. The van der Waals surface area contributed by atoms with Crippen LogP contribution >= 0.6 is 22.6 Å². The number of amides is 1. The van der Waals surface area contributed by atoms with E-state index < -0.39 is 0 Å². The van der Waals surface area contributed by atoms with Crippen LogP contribution in [0.15, 0.2) is 0 Å². The average molecular weight is 255 g/mol. The van der Waals surface area contributed by atoms with Gasteiger partial charge in [-0.25, -0.2) is 0 Å². The van der Waals surface area contributed by atoms with Crippen molar-refractivity contribution in [2.45, 2.75) is 31.4 Å². The number of halogens is 1. The molecule has 1 rings (SSSR count). The van der Waals surface area contributed by atoms with Gasteiger partial charge in [0, 0.05) is 22.6 Å². The number of rotatable bonds is 1. The molecule has 58 valence electrons. The maximum absolute atomic E-state index is 10.5. The fourth-order valence-electron chi connectivity index (χ4n) is 1.25. The van der Waals surface area contributed by atoms with Gasteiger partial charge in [0.25, 0.3) is 3.91 Å². The van der Waals surface area contributed by atoms with Crippen molar-refractivity contribution in [1.82, 2.24) is 5.32 Å². The van der Waals surface area contributed by atoms with Gasteiger partial charge in [0.15, 0.2) is 0 Å². The van der Waals surface area contributed by atoms with Crippen molar-refractivity contribution in [3.05, 3.63) is 0 Å². The Morgan fingerprint density at radius 1 is 1.60 bits per heavy atom. The van der Waals surface area contributed by atoms with E-state index in [-0.39, 0.29) is 16.1 Å². The van der Waals surface area contributed by atoms with Crippen LogP contribution in [0.1, 0.15) is 19.3 Å². The highest BCUT2D eigenvalue weighted by Gasteiger charge is 2.25. The van der Waals surface area contributed by atoms with Crippen molar-refractivity contribution in [2.24, 2.45) is 0 Å². The van der Waals surface area contributed by atoms with Crippen LogP contribution in [0.5, 0.6) is 0 Å². The third-order valence-corrected chi connectivity index (χ3v) is 2.09. The predicted molar refractivity (Wildman–Crippen MR) is 46.2 cm³/mol. The summed E-state index contributed by atoms with van der Waals surface area (Å²) in [5.74, 6) is 0. The lowest BCUT2D eigenvalue weighted by molar-refractivity contribution is 0.153. The Labute approximate surface area is 73.3 Å². The lowest BCUT2D eigenvalue weighted by atomic mass is 10.2.